The van der Waals surface area contributed by atoms with Gasteiger partial charge in [0, 0.05) is 18.8 Å². The zero-order valence-electron chi connectivity index (χ0n) is 14.7. The lowest BCUT2D eigenvalue weighted by molar-refractivity contribution is -0.124. The van der Waals surface area contributed by atoms with Crippen molar-refractivity contribution in [1.29, 1.82) is 0 Å². The van der Waals surface area contributed by atoms with Crippen LogP contribution in [0.2, 0.25) is 0 Å². The predicted molar refractivity (Wildman–Crippen MR) is 97.9 cm³/mol. The van der Waals surface area contributed by atoms with Crippen LogP contribution in [0.4, 0.5) is 5.69 Å². The van der Waals surface area contributed by atoms with Gasteiger partial charge in [0.1, 0.15) is 0 Å². The second kappa shape index (κ2) is 8.45. The minimum Gasteiger partial charge on any atom is -0.369 e. The summed E-state index contributed by atoms with van der Waals surface area (Å²) in [6.07, 6.45) is 4.29. The topological polar surface area (TPSA) is 78.7 Å². The number of rotatable bonds is 6. The van der Waals surface area contributed by atoms with Crippen LogP contribution in [-0.4, -0.2) is 54.3 Å². The number of hydrogen-bond donors (Lipinski definition) is 2. The van der Waals surface area contributed by atoms with Gasteiger partial charge in [-0.15, -0.1) is 0 Å². The third-order valence-electron chi connectivity index (χ3n) is 5.12. The fourth-order valence-corrected chi connectivity index (χ4v) is 3.83. The van der Waals surface area contributed by atoms with E-state index in [-0.39, 0.29) is 24.3 Å². The predicted octanol–water partition coefficient (Wildman–Crippen LogP) is 1.42. The SMILES string of the molecule is NC(=O)CN1CCCC(C(=O)Nc2ccccc2CN2CCCC2)C1. The van der Waals surface area contributed by atoms with Gasteiger partial charge in [0.2, 0.25) is 11.8 Å². The van der Waals surface area contributed by atoms with Gasteiger partial charge in [-0.2, -0.15) is 0 Å². The van der Waals surface area contributed by atoms with Crippen LogP contribution in [0.1, 0.15) is 31.2 Å². The maximum absolute atomic E-state index is 12.7. The normalized spacial score (nSPS) is 22.0. The lowest BCUT2D eigenvalue weighted by atomic mass is 9.96. The van der Waals surface area contributed by atoms with Crippen molar-refractivity contribution in [3.63, 3.8) is 0 Å². The Hall–Kier alpha value is -1.92. The molecule has 0 radical (unpaired) electrons. The van der Waals surface area contributed by atoms with Gasteiger partial charge in [-0.3, -0.25) is 19.4 Å². The standard InChI is InChI=1S/C19H28N4O2/c20-18(24)14-23-11-5-7-16(13-23)19(25)21-17-8-2-1-6-15(17)12-22-9-3-4-10-22/h1-2,6,8,16H,3-5,7,9-14H2,(H2,20,24)(H,21,25). The molecule has 2 amide bonds. The molecule has 0 aromatic heterocycles. The molecule has 1 aromatic carbocycles. The first-order chi connectivity index (χ1) is 12.1. The highest BCUT2D eigenvalue weighted by Crippen LogP contribution is 2.23. The molecule has 1 atom stereocenters. The summed E-state index contributed by atoms with van der Waals surface area (Å²) in [6, 6.07) is 8.06. The van der Waals surface area contributed by atoms with Crippen molar-refractivity contribution < 1.29 is 9.59 Å². The molecule has 2 aliphatic rings. The number of carbonyl (C=O) groups excluding carboxylic acids is 2. The van der Waals surface area contributed by atoms with E-state index in [0.29, 0.717) is 6.54 Å². The summed E-state index contributed by atoms with van der Waals surface area (Å²) in [5.41, 5.74) is 7.36. The second-order valence-electron chi connectivity index (χ2n) is 7.17. The van der Waals surface area contributed by atoms with E-state index in [1.165, 1.54) is 18.4 Å². The fraction of sp³-hybridized carbons (Fsp3) is 0.579. The van der Waals surface area contributed by atoms with E-state index in [2.05, 4.69) is 16.3 Å². The van der Waals surface area contributed by atoms with Crippen LogP contribution < -0.4 is 11.1 Å². The van der Waals surface area contributed by atoms with Crippen molar-refractivity contribution in [3.8, 4) is 0 Å². The lowest BCUT2D eigenvalue weighted by Gasteiger charge is -2.31. The number of hydrogen-bond acceptors (Lipinski definition) is 4. The number of primary amides is 1. The summed E-state index contributed by atoms with van der Waals surface area (Å²) in [5, 5.41) is 3.12. The van der Waals surface area contributed by atoms with Crippen molar-refractivity contribution >= 4 is 17.5 Å². The van der Waals surface area contributed by atoms with Crippen molar-refractivity contribution in [2.24, 2.45) is 11.7 Å². The first-order valence-electron chi connectivity index (χ1n) is 9.23. The molecular weight excluding hydrogens is 316 g/mol. The molecule has 3 N–H and O–H groups in total. The Bertz CT molecular complexity index is 613. The fourth-order valence-electron chi connectivity index (χ4n) is 3.83. The third-order valence-corrected chi connectivity index (χ3v) is 5.12. The molecule has 6 heteroatoms. The highest BCUT2D eigenvalue weighted by atomic mass is 16.2. The van der Waals surface area contributed by atoms with Gasteiger partial charge in [0.25, 0.3) is 0 Å². The summed E-state index contributed by atoms with van der Waals surface area (Å²) in [6.45, 7) is 4.81. The number of piperidine rings is 1. The van der Waals surface area contributed by atoms with Gasteiger partial charge in [-0.05, 0) is 56.9 Å². The van der Waals surface area contributed by atoms with Gasteiger partial charge in [-0.25, -0.2) is 0 Å². The number of amides is 2. The minimum absolute atomic E-state index is 0.0445. The molecule has 2 fully saturated rings. The first kappa shape index (κ1) is 17.9. The van der Waals surface area contributed by atoms with E-state index in [1.54, 1.807) is 0 Å². The molecule has 1 unspecified atom stereocenters. The zero-order valence-corrected chi connectivity index (χ0v) is 14.7. The summed E-state index contributed by atoms with van der Waals surface area (Å²) < 4.78 is 0. The Morgan fingerprint density at radius 1 is 1.08 bits per heavy atom. The Morgan fingerprint density at radius 2 is 1.80 bits per heavy atom. The lowest BCUT2D eigenvalue weighted by Crippen LogP contribution is -2.44. The molecule has 2 heterocycles. The number of carbonyl (C=O) groups is 2. The molecule has 2 saturated heterocycles. The van der Waals surface area contributed by atoms with Gasteiger partial charge in [0.05, 0.1) is 12.5 Å². The molecule has 6 nitrogen and oxygen atoms in total. The van der Waals surface area contributed by atoms with E-state index in [9.17, 15) is 9.59 Å². The number of likely N-dealkylation sites (tertiary alicyclic amines) is 2. The minimum atomic E-state index is -0.336. The molecule has 25 heavy (non-hydrogen) atoms. The second-order valence-corrected chi connectivity index (χ2v) is 7.17. The number of para-hydroxylation sites is 1. The van der Waals surface area contributed by atoms with Crippen LogP contribution in [0.25, 0.3) is 0 Å². The smallest absolute Gasteiger partial charge is 0.231 e. The zero-order chi connectivity index (χ0) is 17.6. The van der Waals surface area contributed by atoms with Crippen molar-refractivity contribution in [2.45, 2.75) is 32.2 Å². The molecule has 2 aliphatic heterocycles. The van der Waals surface area contributed by atoms with Crippen LogP contribution in [0, 0.1) is 5.92 Å². The van der Waals surface area contributed by atoms with Gasteiger partial charge in [-0.1, -0.05) is 18.2 Å². The average Bonchev–Trinajstić information content (AvgIpc) is 3.09. The number of anilines is 1. The molecule has 3 rings (SSSR count). The van der Waals surface area contributed by atoms with Crippen LogP contribution in [0.15, 0.2) is 24.3 Å². The Morgan fingerprint density at radius 3 is 2.56 bits per heavy atom. The first-order valence-corrected chi connectivity index (χ1v) is 9.23. The third kappa shape index (κ3) is 5.03. The van der Waals surface area contributed by atoms with E-state index in [0.717, 1.165) is 44.7 Å². The van der Waals surface area contributed by atoms with E-state index in [1.807, 2.05) is 23.1 Å². The Labute approximate surface area is 149 Å². The van der Waals surface area contributed by atoms with Crippen LogP contribution >= 0.6 is 0 Å². The highest BCUT2D eigenvalue weighted by Gasteiger charge is 2.27. The molecule has 0 aliphatic carbocycles. The maximum Gasteiger partial charge on any atom is 0.231 e. The molecule has 0 bridgehead atoms. The maximum atomic E-state index is 12.7. The quantitative estimate of drug-likeness (QED) is 0.818. The Balaban J connectivity index is 1.61. The van der Waals surface area contributed by atoms with Crippen LogP contribution in [0.5, 0.6) is 0 Å². The van der Waals surface area contributed by atoms with Crippen molar-refractivity contribution in [3.05, 3.63) is 29.8 Å². The summed E-state index contributed by atoms with van der Waals surface area (Å²) in [4.78, 5) is 28.2. The Kier molecular flexibility index (Phi) is 6.04. The monoisotopic (exact) mass is 344 g/mol. The summed E-state index contributed by atoms with van der Waals surface area (Å²) in [5.74, 6) is -0.381. The average molecular weight is 344 g/mol. The summed E-state index contributed by atoms with van der Waals surface area (Å²) >= 11 is 0. The van der Waals surface area contributed by atoms with E-state index >= 15 is 0 Å². The number of benzene rings is 1. The molecule has 1 aromatic rings. The van der Waals surface area contributed by atoms with Crippen LogP contribution in [-0.2, 0) is 16.1 Å². The molecule has 136 valence electrons. The molecule has 0 spiro atoms. The van der Waals surface area contributed by atoms with E-state index in [4.69, 9.17) is 5.73 Å². The van der Waals surface area contributed by atoms with Crippen LogP contribution in [0.3, 0.4) is 0 Å². The number of nitrogens with zero attached hydrogens (tertiary/aromatic N) is 2. The largest absolute Gasteiger partial charge is 0.369 e. The highest BCUT2D eigenvalue weighted by molar-refractivity contribution is 5.93. The number of nitrogens with two attached hydrogens (primary N) is 1. The molecule has 0 saturated carbocycles. The summed E-state index contributed by atoms with van der Waals surface area (Å²) in [7, 11) is 0. The van der Waals surface area contributed by atoms with Crippen molar-refractivity contribution in [1.82, 2.24) is 9.80 Å². The van der Waals surface area contributed by atoms with E-state index < -0.39 is 0 Å². The van der Waals surface area contributed by atoms with Gasteiger partial charge < -0.3 is 11.1 Å². The molecular formula is C19H28N4O2. The number of nitrogens with one attached hydrogen (secondary N) is 1. The van der Waals surface area contributed by atoms with Crippen molar-refractivity contribution in [2.75, 3.05) is 38.0 Å². The van der Waals surface area contributed by atoms with Gasteiger partial charge in [0.15, 0.2) is 0 Å². The van der Waals surface area contributed by atoms with Gasteiger partial charge >= 0.3 is 0 Å².